The van der Waals surface area contributed by atoms with Crippen LogP contribution in [0.3, 0.4) is 0 Å². The monoisotopic (exact) mass is 991 g/mol. The summed E-state index contributed by atoms with van der Waals surface area (Å²) in [5, 5.41) is 5.53. The van der Waals surface area contributed by atoms with Gasteiger partial charge in [0.25, 0.3) is 0 Å². The maximum atomic E-state index is 13.7. The molecule has 2 aromatic heterocycles. The molecule has 4 aromatic carbocycles. The lowest BCUT2D eigenvalue weighted by atomic mass is 10.2. The van der Waals surface area contributed by atoms with Crippen molar-refractivity contribution in [2.24, 2.45) is 0 Å². The van der Waals surface area contributed by atoms with Gasteiger partial charge in [0, 0.05) is 93.6 Å². The highest BCUT2D eigenvalue weighted by atomic mass is 35.5. The Kier molecular flexibility index (Phi) is 16.5. The molecule has 0 aliphatic carbocycles. The SMILES string of the molecule is CC[NH2+]c1cc(Cl)ccc1SCC=C1Sc2ccc(Cl)cc2N1CCCCCC(=O)OCCN(CC)c1ccc2cc(S(=O)(=O)c3cc4ccc(N(CC)CC)cc4oc3=O)c(=O)oc2c1. The molecule has 1 aliphatic heterocycles. The normalized spacial score (nSPS) is 13.2. The number of sulfone groups is 1. The molecule has 348 valence electrons. The lowest BCUT2D eigenvalue weighted by Crippen LogP contribution is -2.77. The summed E-state index contributed by atoms with van der Waals surface area (Å²) in [6, 6.07) is 24.7. The summed E-state index contributed by atoms with van der Waals surface area (Å²) in [7, 11) is -4.61. The average molecular weight is 993 g/mol. The molecule has 66 heavy (non-hydrogen) atoms. The van der Waals surface area contributed by atoms with Crippen molar-refractivity contribution in [1.82, 2.24) is 0 Å². The lowest BCUT2D eigenvalue weighted by Gasteiger charge is -2.23. The number of likely N-dealkylation sites (N-methyl/N-ethyl adjacent to an activating group) is 1. The summed E-state index contributed by atoms with van der Waals surface area (Å²) in [4.78, 5) is 46.5. The van der Waals surface area contributed by atoms with E-state index in [4.69, 9.17) is 36.8 Å². The minimum absolute atomic E-state index is 0.152. The Morgan fingerprint density at radius 2 is 1.41 bits per heavy atom. The van der Waals surface area contributed by atoms with Crippen molar-refractivity contribution in [3.8, 4) is 0 Å². The first-order valence-corrected chi connectivity index (χ1v) is 26.1. The van der Waals surface area contributed by atoms with E-state index in [0.29, 0.717) is 47.4 Å². The largest absolute Gasteiger partial charge is 0.464 e. The van der Waals surface area contributed by atoms with Crippen LogP contribution >= 0.6 is 46.7 Å². The number of carbonyl (C=O) groups excluding carboxylic acids is 1. The van der Waals surface area contributed by atoms with Crippen LogP contribution in [-0.2, 0) is 19.4 Å². The van der Waals surface area contributed by atoms with E-state index in [2.05, 4.69) is 40.2 Å². The Bertz CT molecular complexity index is 2990. The van der Waals surface area contributed by atoms with E-state index >= 15 is 0 Å². The van der Waals surface area contributed by atoms with Crippen LogP contribution in [0.15, 0.2) is 134 Å². The van der Waals surface area contributed by atoms with Crippen LogP contribution in [0.4, 0.5) is 22.7 Å². The number of anilines is 3. The summed E-state index contributed by atoms with van der Waals surface area (Å²) < 4.78 is 44.1. The van der Waals surface area contributed by atoms with Crippen molar-refractivity contribution in [2.75, 3.05) is 66.3 Å². The van der Waals surface area contributed by atoms with Gasteiger partial charge in [-0.25, -0.2) is 18.0 Å². The number of nitrogens with two attached hydrogens (primary N) is 1. The van der Waals surface area contributed by atoms with Crippen LogP contribution in [-0.4, -0.2) is 66.0 Å². The van der Waals surface area contributed by atoms with Crippen molar-refractivity contribution in [1.29, 1.82) is 0 Å². The Labute approximate surface area is 403 Å². The molecule has 17 heteroatoms. The van der Waals surface area contributed by atoms with E-state index in [-0.39, 0.29) is 23.7 Å². The molecular weight excluding hydrogens is 940 g/mol. The number of benzene rings is 4. The van der Waals surface area contributed by atoms with Crippen molar-refractivity contribution >= 4 is 107 Å². The summed E-state index contributed by atoms with van der Waals surface area (Å²) in [5.74, 6) is 0.523. The fraction of sp³-hybridized carbons (Fsp3) is 0.327. The van der Waals surface area contributed by atoms with Crippen LogP contribution in [0.2, 0.25) is 10.0 Å². The van der Waals surface area contributed by atoms with Crippen LogP contribution in [0.25, 0.3) is 21.9 Å². The second-order valence-corrected chi connectivity index (χ2v) is 20.4. The molecular formula is C49H53Cl2N4O8S3+. The summed E-state index contributed by atoms with van der Waals surface area (Å²) in [6.07, 6.45) is 4.97. The highest BCUT2D eigenvalue weighted by molar-refractivity contribution is 8.04. The fourth-order valence-corrected chi connectivity index (χ4v) is 11.6. The maximum Gasteiger partial charge on any atom is 0.355 e. The van der Waals surface area contributed by atoms with Crippen molar-refractivity contribution in [3.63, 3.8) is 0 Å². The number of thioether (sulfide) groups is 2. The number of halogens is 2. The number of hydrogen-bond acceptors (Lipinski definition) is 13. The second kappa shape index (κ2) is 22.3. The van der Waals surface area contributed by atoms with Crippen LogP contribution in [0, 0.1) is 0 Å². The topological polar surface area (TPSA) is 147 Å². The van der Waals surface area contributed by atoms with Gasteiger partial charge in [0.05, 0.1) is 28.7 Å². The average Bonchev–Trinajstić information content (AvgIpc) is 3.63. The number of esters is 1. The van der Waals surface area contributed by atoms with Crippen LogP contribution < -0.4 is 31.3 Å². The van der Waals surface area contributed by atoms with Gasteiger partial charge >= 0.3 is 17.2 Å². The molecule has 0 unspecified atom stereocenters. The molecule has 7 rings (SSSR count). The van der Waals surface area contributed by atoms with Gasteiger partial charge in [0.15, 0.2) is 9.79 Å². The number of rotatable bonds is 21. The van der Waals surface area contributed by atoms with Gasteiger partial charge in [-0.2, -0.15) is 0 Å². The Morgan fingerprint density at radius 3 is 2.05 bits per heavy atom. The Balaban J connectivity index is 0.912. The molecule has 0 radical (unpaired) electrons. The Morgan fingerprint density at radius 1 is 0.788 bits per heavy atom. The van der Waals surface area contributed by atoms with E-state index in [1.807, 2.05) is 56.0 Å². The molecule has 2 N–H and O–H groups in total. The molecule has 0 bridgehead atoms. The van der Waals surface area contributed by atoms with E-state index in [0.717, 1.165) is 71.9 Å². The molecule has 0 amide bonds. The maximum absolute atomic E-state index is 13.7. The highest BCUT2D eigenvalue weighted by Gasteiger charge is 2.29. The molecule has 6 aromatic rings. The minimum Gasteiger partial charge on any atom is -0.464 e. The molecule has 1 aliphatic rings. The molecule has 0 saturated heterocycles. The first kappa shape index (κ1) is 49.0. The van der Waals surface area contributed by atoms with E-state index < -0.39 is 30.9 Å². The zero-order valence-electron chi connectivity index (χ0n) is 37.3. The quantitative estimate of drug-likeness (QED) is 0.0240. The number of ether oxygens (including phenoxy) is 1. The van der Waals surface area contributed by atoms with E-state index in [1.54, 1.807) is 53.9 Å². The van der Waals surface area contributed by atoms with E-state index in [1.165, 1.54) is 21.9 Å². The molecule has 0 saturated carbocycles. The first-order valence-electron chi connectivity index (χ1n) is 22.1. The van der Waals surface area contributed by atoms with Crippen LogP contribution in [0.5, 0.6) is 0 Å². The molecule has 0 atom stereocenters. The number of nitrogens with zero attached hydrogens (tertiary/aromatic N) is 3. The third-order valence-corrected chi connectivity index (χ3v) is 15.7. The predicted octanol–water partition coefficient (Wildman–Crippen LogP) is 10.3. The van der Waals surface area contributed by atoms with Gasteiger partial charge in [-0.1, -0.05) is 41.4 Å². The summed E-state index contributed by atoms with van der Waals surface area (Å²) >= 11 is 16.2. The smallest absolute Gasteiger partial charge is 0.355 e. The predicted molar refractivity (Wildman–Crippen MR) is 268 cm³/mol. The number of quaternary nitrogens is 1. The fourth-order valence-electron chi connectivity index (χ4n) is 7.85. The van der Waals surface area contributed by atoms with Crippen molar-refractivity contribution in [2.45, 2.75) is 73.0 Å². The van der Waals surface area contributed by atoms with Gasteiger partial charge < -0.3 is 33.6 Å². The van der Waals surface area contributed by atoms with Gasteiger partial charge in [-0.15, -0.1) is 11.8 Å². The summed E-state index contributed by atoms with van der Waals surface area (Å²) in [6.45, 7) is 12.4. The van der Waals surface area contributed by atoms with Crippen LogP contribution in [0.1, 0.15) is 53.4 Å². The molecule has 12 nitrogen and oxygen atoms in total. The number of fused-ring (bicyclic) bond motifs is 3. The molecule has 3 heterocycles. The van der Waals surface area contributed by atoms with Crippen molar-refractivity contribution < 1.29 is 32.1 Å². The highest BCUT2D eigenvalue weighted by Crippen LogP contribution is 2.47. The van der Waals surface area contributed by atoms with Crippen molar-refractivity contribution in [3.05, 3.63) is 127 Å². The summed E-state index contributed by atoms with van der Waals surface area (Å²) in [5.41, 5.74) is 1.99. The number of hydrogen-bond donors (Lipinski definition) is 1. The number of carbonyl (C=O) groups is 1. The minimum atomic E-state index is -4.61. The lowest BCUT2D eigenvalue weighted by molar-refractivity contribution is -0.570. The van der Waals surface area contributed by atoms with E-state index in [9.17, 15) is 22.8 Å². The Hall–Kier alpha value is -4.90. The zero-order chi connectivity index (χ0) is 47.0. The van der Waals surface area contributed by atoms with Gasteiger partial charge in [0.2, 0.25) is 9.84 Å². The van der Waals surface area contributed by atoms with Gasteiger partial charge in [0.1, 0.15) is 23.5 Å². The third-order valence-electron chi connectivity index (χ3n) is 11.3. The zero-order valence-corrected chi connectivity index (χ0v) is 41.3. The molecule has 0 spiro atoms. The molecule has 0 fully saturated rings. The second-order valence-electron chi connectivity index (χ2n) is 15.5. The first-order chi connectivity index (χ1) is 31.8. The third kappa shape index (κ3) is 11.4. The number of unbranched alkanes of at least 4 members (excludes halogenated alkanes) is 2. The van der Waals surface area contributed by atoms with Gasteiger partial charge in [-0.3, -0.25) is 4.79 Å². The standard InChI is InChI=1S/C49H52Cl2N4O8S3/c1-5-52-38-28-34(50)15-19-42(38)64-25-21-46-55(39-29-35(51)16-20-43(39)65-46)22-11-9-10-12-47(56)61-24-23-54(8-4)37-18-14-33-27-45(49(58)63-41(33)31-37)66(59,60)44-26-32-13-17-36(53(6-2)7-3)30-40(32)62-48(44)57/h13-21,26-31,52H,5-12,22-25H2,1-4H3/p+1. The van der Waals surface area contributed by atoms with Gasteiger partial charge in [-0.05, 0) is 113 Å².